The summed E-state index contributed by atoms with van der Waals surface area (Å²) in [5.41, 5.74) is 0.767. The molecule has 0 radical (unpaired) electrons. The van der Waals surface area contributed by atoms with E-state index in [9.17, 15) is 9.59 Å². The second-order valence-electron chi connectivity index (χ2n) is 4.24. The van der Waals surface area contributed by atoms with Crippen molar-refractivity contribution in [3.63, 3.8) is 0 Å². The highest BCUT2D eigenvalue weighted by Gasteiger charge is 2.24. The van der Waals surface area contributed by atoms with E-state index in [-0.39, 0.29) is 12.1 Å². The van der Waals surface area contributed by atoms with Gasteiger partial charge in [0.2, 0.25) is 0 Å². The fourth-order valence-corrected chi connectivity index (χ4v) is 1.95. The topological polar surface area (TPSA) is 61.9 Å². The number of ether oxygens (including phenoxy) is 1. The van der Waals surface area contributed by atoms with Crippen molar-refractivity contribution in [1.29, 1.82) is 0 Å². The summed E-state index contributed by atoms with van der Waals surface area (Å²) >= 11 is 0. The van der Waals surface area contributed by atoms with Crippen LogP contribution < -0.4 is 5.32 Å². The lowest BCUT2D eigenvalue weighted by molar-refractivity contribution is 0.0993. The standard InChI is InChI=1S/C13H17N3O3/c1-19-13(18)16-9-7-15(8-10-16)12(17)14-11-5-3-2-4-6-11/h2-6H,7-10H2,1H3,(H,14,17). The minimum atomic E-state index is -0.344. The van der Waals surface area contributed by atoms with E-state index in [1.807, 2.05) is 30.3 Å². The Kier molecular flexibility index (Phi) is 4.22. The molecule has 0 saturated carbocycles. The molecule has 102 valence electrons. The van der Waals surface area contributed by atoms with Crippen LogP contribution in [0.5, 0.6) is 0 Å². The first-order chi connectivity index (χ1) is 9.20. The van der Waals surface area contributed by atoms with Crippen molar-refractivity contribution in [2.75, 3.05) is 38.6 Å². The van der Waals surface area contributed by atoms with E-state index >= 15 is 0 Å². The first-order valence-electron chi connectivity index (χ1n) is 6.14. The third-order valence-corrected chi connectivity index (χ3v) is 3.02. The molecule has 1 heterocycles. The molecular formula is C13H17N3O3. The fraction of sp³-hybridized carbons (Fsp3) is 0.385. The van der Waals surface area contributed by atoms with Crippen molar-refractivity contribution in [3.8, 4) is 0 Å². The van der Waals surface area contributed by atoms with Crippen molar-refractivity contribution in [2.24, 2.45) is 0 Å². The van der Waals surface area contributed by atoms with Gasteiger partial charge >= 0.3 is 12.1 Å². The molecule has 0 bridgehead atoms. The number of piperazine rings is 1. The van der Waals surface area contributed by atoms with Crippen LogP contribution in [0.3, 0.4) is 0 Å². The smallest absolute Gasteiger partial charge is 0.409 e. The molecule has 1 aliphatic heterocycles. The molecule has 1 aromatic carbocycles. The summed E-state index contributed by atoms with van der Waals surface area (Å²) in [5.74, 6) is 0. The molecule has 0 atom stereocenters. The van der Waals surface area contributed by atoms with Gasteiger partial charge in [0, 0.05) is 31.9 Å². The maximum absolute atomic E-state index is 12.0. The zero-order valence-electron chi connectivity index (χ0n) is 10.8. The Labute approximate surface area is 111 Å². The average Bonchev–Trinajstić information content (AvgIpc) is 2.47. The number of carbonyl (C=O) groups excluding carboxylic acids is 2. The van der Waals surface area contributed by atoms with Gasteiger partial charge in [-0.3, -0.25) is 0 Å². The van der Waals surface area contributed by atoms with Gasteiger partial charge in [-0.05, 0) is 12.1 Å². The van der Waals surface area contributed by atoms with Crippen molar-refractivity contribution >= 4 is 17.8 Å². The molecule has 0 spiro atoms. The number of amides is 3. The number of anilines is 1. The largest absolute Gasteiger partial charge is 0.453 e. The molecule has 6 heteroatoms. The lowest BCUT2D eigenvalue weighted by atomic mass is 10.3. The van der Waals surface area contributed by atoms with E-state index in [2.05, 4.69) is 10.1 Å². The van der Waals surface area contributed by atoms with Crippen LogP contribution in [0, 0.1) is 0 Å². The summed E-state index contributed by atoms with van der Waals surface area (Å²) < 4.78 is 4.65. The van der Waals surface area contributed by atoms with Gasteiger partial charge < -0.3 is 19.9 Å². The Morgan fingerprint density at radius 1 is 1.05 bits per heavy atom. The van der Waals surface area contributed by atoms with Crippen molar-refractivity contribution in [2.45, 2.75) is 0 Å². The summed E-state index contributed by atoms with van der Waals surface area (Å²) in [4.78, 5) is 26.6. The van der Waals surface area contributed by atoms with Crippen molar-refractivity contribution in [1.82, 2.24) is 9.80 Å². The number of hydrogen-bond acceptors (Lipinski definition) is 3. The van der Waals surface area contributed by atoms with Gasteiger partial charge in [-0.2, -0.15) is 0 Å². The number of urea groups is 1. The second-order valence-corrected chi connectivity index (χ2v) is 4.24. The van der Waals surface area contributed by atoms with Crippen molar-refractivity contribution < 1.29 is 14.3 Å². The van der Waals surface area contributed by atoms with Gasteiger partial charge in [-0.25, -0.2) is 9.59 Å². The van der Waals surface area contributed by atoms with E-state index in [1.54, 1.807) is 9.80 Å². The molecule has 1 aliphatic rings. The van der Waals surface area contributed by atoms with Crippen LogP contribution in [-0.2, 0) is 4.74 Å². The highest BCUT2D eigenvalue weighted by atomic mass is 16.5. The second kappa shape index (κ2) is 6.08. The van der Waals surface area contributed by atoms with Crippen LogP contribution in [-0.4, -0.2) is 55.2 Å². The first-order valence-corrected chi connectivity index (χ1v) is 6.14. The molecule has 0 unspecified atom stereocenters. The zero-order chi connectivity index (χ0) is 13.7. The normalized spacial score (nSPS) is 15.0. The number of nitrogens with zero attached hydrogens (tertiary/aromatic N) is 2. The molecule has 0 aliphatic carbocycles. The predicted octanol–water partition coefficient (Wildman–Crippen LogP) is 1.60. The maximum atomic E-state index is 12.0. The minimum Gasteiger partial charge on any atom is -0.453 e. The molecule has 6 nitrogen and oxygen atoms in total. The van der Waals surface area contributed by atoms with Crippen LogP contribution in [0.4, 0.5) is 15.3 Å². The van der Waals surface area contributed by atoms with E-state index < -0.39 is 0 Å². The number of para-hydroxylation sites is 1. The Balaban J connectivity index is 1.84. The third kappa shape index (κ3) is 3.37. The number of carbonyl (C=O) groups is 2. The lowest BCUT2D eigenvalue weighted by Crippen LogP contribution is -2.51. The van der Waals surface area contributed by atoms with E-state index in [4.69, 9.17) is 0 Å². The van der Waals surface area contributed by atoms with Crippen LogP contribution in [0.1, 0.15) is 0 Å². The van der Waals surface area contributed by atoms with Crippen LogP contribution >= 0.6 is 0 Å². The first kappa shape index (κ1) is 13.2. The Morgan fingerprint density at radius 2 is 1.63 bits per heavy atom. The summed E-state index contributed by atoms with van der Waals surface area (Å²) in [7, 11) is 1.36. The zero-order valence-corrected chi connectivity index (χ0v) is 10.8. The summed E-state index contributed by atoms with van der Waals surface area (Å²) in [5, 5.41) is 2.82. The van der Waals surface area contributed by atoms with Gasteiger partial charge in [-0.15, -0.1) is 0 Å². The van der Waals surface area contributed by atoms with Gasteiger partial charge in [0.25, 0.3) is 0 Å². The van der Waals surface area contributed by atoms with Crippen LogP contribution in [0.2, 0.25) is 0 Å². The number of benzene rings is 1. The summed E-state index contributed by atoms with van der Waals surface area (Å²) in [6.07, 6.45) is -0.344. The highest BCUT2D eigenvalue weighted by molar-refractivity contribution is 5.89. The Hall–Kier alpha value is -2.24. The minimum absolute atomic E-state index is 0.143. The molecule has 1 saturated heterocycles. The molecule has 3 amide bonds. The highest BCUT2D eigenvalue weighted by Crippen LogP contribution is 2.09. The molecule has 2 rings (SSSR count). The van der Waals surface area contributed by atoms with Gasteiger partial charge in [0.05, 0.1) is 7.11 Å². The monoisotopic (exact) mass is 263 g/mol. The summed E-state index contributed by atoms with van der Waals surface area (Å²) in [6, 6.07) is 9.15. The Bertz CT molecular complexity index is 442. The SMILES string of the molecule is COC(=O)N1CCN(C(=O)Nc2ccccc2)CC1. The van der Waals surface area contributed by atoms with Gasteiger partial charge in [-0.1, -0.05) is 18.2 Å². The van der Waals surface area contributed by atoms with Gasteiger partial charge in [0.1, 0.15) is 0 Å². The van der Waals surface area contributed by atoms with Crippen molar-refractivity contribution in [3.05, 3.63) is 30.3 Å². The maximum Gasteiger partial charge on any atom is 0.409 e. The molecule has 1 N–H and O–H groups in total. The molecule has 0 aromatic heterocycles. The number of rotatable bonds is 1. The number of nitrogens with one attached hydrogen (secondary N) is 1. The van der Waals surface area contributed by atoms with Crippen LogP contribution in [0.25, 0.3) is 0 Å². The van der Waals surface area contributed by atoms with E-state index in [1.165, 1.54) is 7.11 Å². The van der Waals surface area contributed by atoms with E-state index in [0.29, 0.717) is 26.2 Å². The third-order valence-electron chi connectivity index (χ3n) is 3.02. The van der Waals surface area contributed by atoms with E-state index in [0.717, 1.165) is 5.69 Å². The number of methoxy groups -OCH3 is 1. The molecule has 1 aromatic rings. The predicted molar refractivity (Wildman–Crippen MR) is 71.0 cm³/mol. The fourth-order valence-electron chi connectivity index (χ4n) is 1.95. The van der Waals surface area contributed by atoms with Gasteiger partial charge in [0.15, 0.2) is 0 Å². The quantitative estimate of drug-likeness (QED) is 0.837. The molecule has 1 fully saturated rings. The average molecular weight is 263 g/mol. The van der Waals surface area contributed by atoms with Crippen LogP contribution in [0.15, 0.2) is 30.3 Å². The number of hydrogen-bond donors (Lipinski definition) is 1. The lowest BCUT2D eigenvalue weighted by Gasteiger charge is -2.33. The summed E-state index contributed by atoms with van der Waals surface area (Å²) in [6.45, 7) is 2.01. The molecule has 19 heavy (non-hydrogen) atoms. The molecular weight excluding hydrogens is 246 g/mol. The Morgan fingerprint density at radius 3 is 2.21 bits per heavy atom.